The van der Waals surface area contributed by atoms with Gasteiger partial charge in [-0.3, -0.25) is 14.7 Å². The molecule has 0 aliphatic carbocycles. The average Bonchev–Trinajstić information content (AvgIpc) is 3.40. The minimum atomic E-state index is -4.77. The van der Waals surface area contributed by atoms with Crippen molar-refractivity contribution in [3.63, 3.8) is 0 Å². The van der Waals surface area contributed by atoms with Gasteiger partial charge in [0.2, 0.25) is 0 Å². The van der Waals surface area contributed by atoms with Crippen molar-refractivity contribution < 1.29 is 169 Å². The van der Waals surface area contributed by atoms with E-state index in [2.05, 4.69) is 15.1 Å². The molecule has 2 aromatic carbocycles. The maximum absolute atomic E-state index is 13.0. The molecule has 0 radical (unpaired) electrons. The molecule has 1 aromatic heterocycles. The van der Waals surface area contributed by atoms with Crippen molar-refractivity contribution in [1.29, 1.82) is 0 Å². The number of H-pyrrole nitrogens is 1. The zero-order chi connectivity index (χ0) is 30.1. The number of hydrogen-bond acceptors (Lipinski definition) is 13. The van der Waals surface area contributed by atoms with Crippen molar-refractivity contribution >= 4 is 49.6 Å². The smallest absolute Gasteiger partial charge is 0.744 e. The molecule has 4 rings (SSSR count). The predicted octanol–water partition coefficient (Wildman–Crippen LogP) is -14.1. The van der Waals surface area contributed by atoms with Crippen LogP contribution in [0.15, 0.2) is 85.9 Å². The molecule has 2 heterocycles. The van der Waals surface area contributed by atoms with E-state index in [1.807, 2.05) is 0 Å². The maximum atomic E-state index is 13.0. The van der Waals surface area contributed by atoms with E-state index in [4.69, 9.17) is 0 Å². The van der Waals surface area contributed by atoms with Crippen LogP contribution in [0.2, 0.25) is 0 Å². The third-order valence-electron chi connectivity index (χ3n) is 5.56. The van der Waals surface area contributed by atoms with Gasteiger partial charge in [0.15, 0.2) is 0 Å². The van der Waals surface area contributed by atoms with Crippen molar-refractivity contribution in [3.8, 4) is 5.69 Å². The van der Waals surface area contributed by atoms with E-state index in [-0.39, 0.29) is 141 Å². The largest absolute Gasteiger partial charge is 1.00 e. The van der Waals surface area contributed by atoms with Gasteiger partial charge in [-0.1, -0.05) is 6.08 Å². The van der Waals surface area contributed by atoms with E-state index in [0.717, 1.165) is 71.4 Å². The molecule has 214 valence electrons. The fraction of sp³-hybridized carbons (Fsp3) is 0.0435. The molecule has 3 aromatic rings. The number of aliphatic carboxylic acids is 1. The van der Waals surface area contributed by atoms with E-state index < -0.39 is 65.4 Å². The first-order valence-corrected chi connectivity index (χ1v) is 13.8. The molecular formula is C23H14N4Na4O12S2. The van der Waals surface area contributed by atoms with Crippen LogP contribution in [0.1, 0.15) is 11.3 Å². The zero-order valence-corrected chi connectivity index (χ0v) is 33.7. The van der Waals surface area contributed by atoms with Crippen LogP contribution in [0, 0.1) is 0 Å². The number of nitrogens with one attached hydrogen (secondary N) is 1. The molecule has 22 heteroatoms. The number of hydrogen-bond donors (Lipinski definition) is 1. The molecule has 0 saturated heterocycles. The summed E-state index contributed by atoms with van der Waals surface area (Å²) < 4.78 is 67.8. The van der Waals surface area contributed by atoms with Crippen molar-refractivity contribution in [2.75, 3.05) is 5.01 Å². The molecular weight excluding hydrogens is 680 g/mol. The Morgan fingerprint density at radius 2 is 1.36 bits per heavy atom. The number of aromatic nitrogens is 2. The summed E-state index contributed by atoms with van der Waals surface area (Å²) in [6, 6.07) is 8.21. The Morgan fingerprint density at radius 1 is 0.867 bits per heavy atom. The number of carbonyl (C=O) groups is 2. The summed E-state index contributed by atoms with van der Waals surface area (Å²) in [4.78, 5) is 40.3. The van der Waals surface area contributed by atoms with Crippen LogP contribution in [0.25, 0.3) is 11.8 Å². The van der Waals surface area contributed by atoms with Gasteiger partial charge in [0.1, 0.15) is 25.9 Å². The Kier molecular flexibility index (Phi) is 17.9. The van der Waals surface area contributed by atoms with Gasteiger partial charge >= 0.3 is 118 Å². The summed E-state index contributed by atoms with van der Waals surface area (Å²) in [7, 11) is -9.51. The number of rotatable bonds is 9. The Bertz CT molecular complexity index is 1920. The number of allylic oxidation sites excluding steroid dienone is 2. The second kappa shape index (κ2) is 18.2. The fourth-order valence-corrected chi connectivity index (χ4v) is 4.60. The minimum Gasteiger partial charge on any atom is -0.744 e. The Morgan fingerprint density at radius 3 is 1.80 bits per heavy atom. The van der Waals surface area contributed by atoms with Crippen molar-refractivity contribution in [3.05, 3.63) is 87.9 Å². The number of amides is 1. The summed E-state index contributed by atoms with van der Waals surface area (Å²) in [5, 5.41) is 29.3. The Balaban J connectivity index is 0.00000484. The van der Waals surface area contributed by atoms with Crippen LogP contribution in [-0.2, 0) is 41.3 Å². The molecule has 1 N–H and O–H groups in total. The fourth-order valence-electron chi connectivity index (χ4n) is 3.67. The summed E-state index contributed by atoms with van der Waals surface area (Å²) >= 11 is 0. The molecule has 1 aliphatic heterocycles. The van der Waals surface area contributed by atoms with Crippen molar-refractivity contribution in [1.82, 2.24) is 9.78 Å². The topological polar surface area (TPSA) is 257 Å². The molecule has 0 spiro atoms. The van der Waals surface area contributed by atoms with Crippen LogP contribution < -0.4 is 139 Å². The number of nitrogens with zero attached hydrogens (tertiary/aromatic N) is 3. The molecule has 0 atom stereocenters. The van der Waals surface area contributed by atoms with E-state index >= 15 is 0 Å². The SMILES string of the molecule is O=C([O-])C1=NN(c2ccc(S(=O)(=O)[O-])cc2)C(=O)C1=CC=Cc1c(CO[O-])[nH]n(-c2ccc(S(=O)(=O)[O-])cc2)c1=O.[Na+].[Na+].[Na+].[Na+]. The summed E-state index contributed by atoms with van der Waals surface area (Å²) in [6.45, 7) is -0.626. The maximum Gasteiger partial charge on any atom is 1.00 e. The van der Waals surface area contributed by atoms with Crippen molar-refractivity contribution in [2.24, 2.45) is 5.10 Å². The quantitative estimate of drug-likeness (QED) is 0.0720. The van der Waals surface area contributed by atoms with Gasteiger partial charge < -0.3 is 29.2 Å². The first-order valence-electron chi connectivity index (χ1n) is 11.0. The summed E-state index contributed by atoms with van der Waals surface area (Å²) in [5.41, 5.74) is -2.18. The van der Waals surface area contributed by atoms with E-state index in [1.54, 1.807) is 0 Å². The van der Waals surface area contributed by atoms with Crippen LogP contribution >= 0.6 is 0 Å². The summed E-state index contributed by atoms with van der Waals surface area (Å²) in [5.74, 6) is -2.79. The standard InChI is InChI=1S/C23H18N4O12S2.4Na/c28-21-17(19(12-39-32)24-26(21)13-4-8-15(9-5-13)40(33,34)35)2-1-3-18-20(23(30)31)25-27(22(18)29)14-6-10-16(11-7-14)41(36,37)38;;;;/h1-11,24,32H,12H2,(H,30,31)(H,33,34,35)(H,36,37,38);;;;/q;4*+1/p-4. The second-order valence-corrected chi connectivity index (χ2v) is 10.9. The molecule has 16 nitrogen and oxygen atoms in total. The number of benzene rings is 2. The molecule has 1 amide bonds. The molecule has 45 heavy (non-hydrogen) atoms. The predicted molar refractivity (Wildman–Crippen MR) is 131 cm³/mol. The number of hydrazone groups is 1. The molecule has 0 fully saturated rings. The third kappa shape index (κ3) is 10.4. The van der Waals surface area contributed by atoms with Gasteiger partial charge in [-0.15, -0.1) is 0 Å². The number of carboxylic acid groups (broad SMARTS) is 1. The van der Waals surface area contributed by atoms with Gasteiger partial charge in [-0.2, -0.15) is 10.1 Å². The van der Waals surface area contributed by atoms with E-state index in [0.29, 0.717) is 5.01 Å². The monoisotopic (exact) mass is 694 g/mol. The molecule has 0 bridgehead atoms. The van der Waals surface area contributed by atoms with Crippen molar-refractivity contribution in [2.45, 2.75) is 16.4 Å². The normalized spacial score (nSPS) is 13.8. The number of carboxylic acids is 1. The summed E-state index contributed by atoms with van der Waals surface area (Å²) in [6.07, 6.45) is 3.24. The third-order valence-corrected chi connectivity index (χ3v) is 7.26. The Labute approximate surface area is 343 Å². The van der Waals surface area contributed by atoms with Crippen LogP contribution in [0.5, 0.6) is 0 Å². The molecule has 0 saturated carbocycles. The number of carbonyl (C=O) groups excluding carboxylic acids is 2. The average molecular weight is 694 g/mol. The van der Waals surface area contributed by atoms with Crippen LogP contribution in [0.4, 0.5) is 5.69 Å². The minimum absolute atomic E-state index is 0. The zero-order valence-electron chi connectivity index (χ0n) is 24.1. The molecule has 0 unspecified atom stereocenters. The van der Waals surface area contributed by atoms with Gasteiger partial charge in [-0.25, -0.2) is 21.5 Å². The van der Waals surface area contributed by atoms with Gasteiger partial charge in [0, 0.05) is 0 Å². The van der Waals surface area contributed by atoms with Crippen LogP contribution in [0.3, 0.4) is 0 Å². The number of aromatic amines is 1. The van der Waals surface area contributed by atoms with Gasteiger partial charge in [0.25, 0.3) is 11.5 Å². The number of anilines is 1. The Hall–Kier alpha value is -0.720. The van der Waals surface area contributed by atoms with E-state index in [9.17, 15) is 50.7 Å². The molecule has 1 aliphatic rings. The first-order chi connectivity index (χ1) is 19.2. The first kappa shape index (κ1) is 44.3. The van der Waals surface area contributed by atoms with E-state index in [1.165, 1.54) is 0 Å². The van der Waals surface area contributed by atoms with Crippen LogP contribution in [-0.4, -0.2) is 53.3 Å². The van der Waals surface area contributed by atoms with Gasteiger partial charge in [0.05, 0.1) is 50.6 Å². The van der Waals surface area contributed by atoms with Gasteiger partial charge in [-0.05, 0) is 60.7 Å². The second-order valence-electron chi connectivity index (χ2n) is 8.10.